The van der Waals surface area contributed by atoms with Crippen LogP contribution in [0.5, 0.6) is 0 Å². The molecule has 0 bridgehead atoms. The van der Waals surface area contributed by atoms with E-state index in [4.69, 9.17) is 0 Å². The summed E-state index contributed by atoms with van der Waals surface area (Å²) in [5.41, 5.74) is 2.85. The molecule has 120 valence electrons. The third-order valence-electron chi connectivity index (χ3n) is 5.16. The van der Waals surface area contributed by atoms with E-state index in [1.807, 2.05) is 23.1 Å². The summed E-state index contributed by atoms with van der Waals surface area (Å²) in [5.74, 6) is 0.295. The number of rotatable bonds is 4. The van der Waals surface area contributed by atoms with Crippen LogP contribution < -0.4 is 0 Å². The summed E-state index contributed by atoms with van der Waals surface area (Å²) in [5, 5.41) is 0. The van der Waals surface area contributed by atoms with E-state index >= 15 is 0 Å². The minimum absolute atomic E-state index is 0.206. The first kappa shape index (κ1) is 15.8. The molecule has 0 unspecified atom stereocenters. The van der Waals surface area contributed by atoms with Crippen molar-refractivity contribution in [1.29, 1.82) is 0 Å². The summed E-state index contributed by atoms with van der Waals surface area (Å²) in [4.78, 5) is 14.5. The molecule has 1 aliphatic rings. The third-order valence-corrected chi connectivity index (χ3v) is 5.16. The van der Waals surface area contributed by atoms with E-state index in [1.165, 1.54) is 11.1 Å². The molecule has 1 fully saturated rings. The lowest BCUT2D eigenvalue weighted by Gasteiger charge is -2.40. The maximum atomic E-state index is 12.4. The van der Waals surface area contributed by atoms with Crippen molar-refractivity contribution >= 4 is 5.91 Å². The zero-order valence-corrected chi connectivity index (χ0v) is 13.9. The molecule has 2 aromatic rings. The van der Waals surface area contributed by atoms with Gasteiger partial charge < -0.3 is 4.90 Å². The molecule has 0 N–H and O–H groups in total. The van der Waals surface area contributed by atoms with Crippen LogP contribution in [0.15, 0.2) is 60.7 Å². The van der Waals surface area contributed by atoms with Gasteiger partial charge in [-0.1, -0.05) is 67.6 Å². The lowest BCUT2D eigenvalue weighted by molar-refractivity contribution is -0.132. The van der Waals surface area contributed by atoms with Gasteiger partial charge in [-0.2, -0.15) is 0 Å². The lowest BCUT2D eigenvalue weighted by Crippen LogP contribution is -2.44. The molecule has 0 radical (unpaired) electrons. The van der Waals surface area contributed by atoms with Gasteiger partial charge in [-0.3, -0.25) is 4.79 Å². The van der Waals surface area contributed by atoms with E-state index in [0.29, 0.717) is 12.3 Å². The fourth-order valence-corrected chi connectivity index (χ4v) is 3.43. The van der Waals surface area contributed by atoms with Gasteiger partial charge >= 0.3 is 0 Å². The van der Waals surface area contributed by atoms with Gasteiger partial charge in [0.25, 0.3) is 0 Å². The van der Waals surface area contributed by atoms with Crippen LogP contribution in [0.3, 0.4) is 0 Å². The van der Waals surface area contributed by atoms with Crippen molar-refractivity contribution in [3.05, 3.63) is 71.8 Å². The molecular weight excluding hydrogens is 282 g/mol. The highest BCUT2D eigenvalue weighted by Crippen LogP contribution is 2.34. The van der Waals surface area contributed by atoms with Crippen LogP contribution in [0.2, 0.25) is 0 Å². The summed E-state index contributed by atoms with van der Waals surface area (Å²) < 4.78 is 0. The summed E-state index contributed by atoms with van der Waals surface area (Å²) >= 11 is 0. The standard InChI is InChI=1S/C21H25NO/c1-21(19-10-6-3-7-11-19)14-16-22(17-15-21)20(23)13-12-18-8-4-2-5-9-18/h2-11H,12-17H2,1H3. The molecule has 0 atom stereocenters. The van der Waals surface area contributed by atoms with Crippen molar-refractivity contribution in [2.75, 3.05) is 13.1 Å². The maximum absolute atomic E-state index is 12.4. The average molecular weight is 307 g/mol. The first-order valence-corrected chi connectivity index (χ1v) is 8.55. The fourth-order valence-electron chi connectivity index (χ4n) is 3.43. The summed E-state index contributed by atoms with van der Waals surface area (Å²) in [6.07, 6.45) is 3.56. The highest BCUT2D eigenvalue weighted by molar-refractivity contribution is 5.76. The average Bonchev–Trinajstić information content (AvgIpc) is 2.62. The van der Waals surface area contributed by atoms with Crippen LogP contribution in [0.25, 0.3) is 0 Å². The van der Waals surface area contributed by atoms with E-state index < -0.39 is 0 Å². The summed E-state index contributed by atoms with van der Waals surface area (Å²) in [6, 6.07) is 21.0. The first-order valence-electron chi connectivity index (χ1n) is 8.55. The number of benzene rings is 2. The number of piperidine rings is 1. The summed E-state index contributed by atoms with van der Waals surface area (Å²) in [7, 11) is 0. The molecule has 0 aromatic heterocycles. The van der Waals surface area contributed by atoms with E-state index in [0.717, 1.165) is 32.4 Å². The predicted molar refractivity (Wildman–Crippen MR) is 94.4 cm³/mol. The van der Waals surface area contributed by atoms with Crippen molar-refractivity contribution in [2.45, 2.75) is 38.0 Å². The van der Waals surface area contributed by atoms with Gasteiger partial charge in [-0.15, -0.1) is 0 Å². The molecule has 1 heterocycles. The van der Waals surface area contributed by atoms with Gasteiger partial charge in [0.15, 0.2) is 0 Å². The number of amides is 1. The van der Waals surface area contributed by atoms with Crippen molar-refractivity contribution in [3.8, 4) is 0 Å². The number of nitrogens with zero attached hydrogens (tertiary/aromatic N) is 1. The molecular formula is C21H25NO. The Balaban J connectivity index is 1.53. The van der Waals surface area contributed by atoms with Gasteiger partial charge in [0, 0.05) is 19.5 Å². The predicted octanol–water partition coefficient (Wildman–Crippen LogP) is 4.20. The topological polar surface area (TPSA) is 20.3 Å². The second kappa shape index (κ2) is 6.99. The van der Waals surface area contributed by atoms with E-state index in [2.05, 4.69) is 49.4 Å². The Hall–Kier alpha value is -2.09. The highest BCUT2D eigenvalue weighted by Gasteiger charge is 2.32. The SMILES string of the molecule is CC1(c2ccccc2)CCN(C(=O)CCc2ccccc2)CC1. The monoisotopic (exact) mass is 307 g/mol. The number of carbonyl (C=O) groups is 1. The zero-order chi connectivity index (χ0) is 16.1. The molecule has 3 rings (SSSR count). The Kier molecular flexibility index (Phi) is 4.80. The smallest absolute Gasteiger partial charge is 0.222 e. The van der Waals surface area contributed by atoms with Crippen LogP contribution in [0, 0.1) is 0 Å². The minimum Gasteiger partial charge on any atom is -0.343 e. The lowest BCUT2D eigenvalue weighted by atomic mass is 9.74. The Morgan fingerprint density at radius 3 is 2.13 bits per heavy atom. The third kappa shape index (κ3) is 3.82. The van der Waals surface area contributed by atoms with Gasteiger partial charge in [-0.25, -0.2) is 0 Å². The van der Waals surface area contributed by atoms with Crippen LogP contribution >= 0.6 is 0 Å². The molecule has 0 spiro atoms. The van der Waals surface area contributed by atoms with Crippen molar-refractivity contribution in [3.63, 3.8) is 0 Å². The molecule has 1 aliphatic heterocycles. The second-order valence-corrected chi connectivity index (χ2v) is 6.79. The zero-order valence-electron chi connectivity index (χ0n) is 13.9. The molecule has 0 saturated carbocycles. The van der Waals surface area contributed by atoms with Gasteiger partial charge in [0.05, 0.1) is 0 Å². The maximum Gasteiger partial charge on any atom is 0.222 e. The van der Waals surface area contributed by atoms with Crippen LogP contribution in [-0.4, -0.2) is 23.9 Å². The number of carbonyl (C=O) groups excluding carboxylic acids is 1. The number of likely N-dealkylation sites (tertiary alicyclic amines) is 1. The summed E-state index contributed by atoms with van der Waals surface area (Å²) in [6.45, 7) is 4.08. The first-order chi connectivity index (χ1) is 11.2. The minimum atomic E-state index is 0.206. The Labute approximate surface area is 139 Å². The number of aryl methyl sites for hydroxylation is 1. The van der Waals surface area contributed by atoms with Crippen LogP contribution in [0.4, 0.5) is 0 Å². The largest absolute Gasteiger partial charge is 0.343 e. The molecule has 2 heteroatoms. The number of hydrogen-bond acceptors (Lipinski definition) is 1. The highest BCUT2D eigenvalue weighted by atomic mass is 16.2. The van der Waals surface area contributed by atoms with Gasteiger partial charge in [0.2, 0.25) is 5.91 Å². The van der Waals surface area contributed by atoms with E-state index in [1.54, 1.807) is 0 Å². The quantitative estimate of drug-likeness (QED) is 0.829. The van der Waals surface area contributed by atoms with E-state index in [9.17, 15) is 4.79 Å². The Morgan fingerprint density at radius 1 is 0.957 bits per heavy atom. The molecule has 2 aromatic carbocycles. The molecule has 1 saturated heterocycles. The van der Waals surface area contributed by atoms with Crippen molar-refractivity contribution in [1.82, 2.24) is 4.90 Å². The molecule has 2 nitrogen and oxygen atoms in total. The normalized spacial score (nSPS) is 17.0. The molecule has 0 aliphatic carbocycles. The Morgan fingerprint density at radius 2 is 1.52 bits per heavy atom. The van der Waals surface area contributed by atoms with Gasteiger partial charge in [0.1, 0.15) is 0 Å². The van der Waals surface area contributed by atoms with E-state index in [-0.39, 0.29) is 5.41 Å². The second-order valence-electron chi connectivity index (χ2n) is 6.79. The number of hydrogen-bond donors (Lipinski definition) is 0. The molecule has 23 heavy (non-hydrogen) atoms. The van der Waals surface area contributed by atoms with Crippen LogP contribution in [-0.2, 0) is 16.6 Å². The fraction of sp³-hybridized carbons (Fsp3) is 0.381. The van der Waals surface area contributed by atoms with Crippen molar-refractivity contribution in [2.24, 2.45) is 0 Å². The van der Waals surface area contributed by atoms with Crippen LogP contribution in [0.1, 0.15) is 37.3 Å². The molecule has 1 amide bonds. The van der Waals surface area contributed by atoms with Gasteiger partial charge in [-0.05, 0) is 35.8 Å². The Bertz CT molecular complexity index is 627. The van der Waals surface area contributed by atoms with Crippen molar-refractivity contribution < 1.29 is 4.79 Å².